The van der Waals surface area contributed by atoms with Crippen molar-refractivity contribution in [2.24, 2.45) is 0 Å². The first-order valence-electron chi connectivity index (χ1n) is 5.47. The van der Waals surface area contributed by atoms with Crippen LogP contribution in [0.2, 0.25) is 0 Å². The molecule has 0 radical (unpaired) electrons. The van der Waals surface area contributed by atoms with Crippen LogP contribution in [0.4, 0.5) is 16.0 Å². The van der Waals surface area contributed by atoms with Crippen LogP contribution in [-0.2, 0) is 6.54 Å². The van der Waals surface area contributed by atoms with Gasteiger partial charge in [-0.1, -0.05) is 6.08 Å². The lowest BCUT2D eigenvalue weighted by atomic mass is 10.3. The van der Waals surface area contributed by atoms with E-state index >= 15 is 0 Å². The molecule has 0 bridgehead atoms. The van der Waals surface area contributed by atoms with Gasteiger partial charge in [-0.15, -0.1) is 6.58 Å². The number of halogens is 2. The minimum Gasteiger partial charge on any atom is -0.324 e. The van der Waals surface area contributed by atoms with Crippen molar-refractivity contribution in [2.45, 2.75) is 13.5 Å². The zero-order chi connectivity index (χ0) is 13.1. The fourth-order valence-electron chi connectivity index (χ4n) is 1.64. The number of nitrogens with one attached hydrogen (secondary N) is 1. The molecule has 94 valence electrons. The summed E-state index contributed by atoms with van der Waals surface area (Å²) in [5, 5.41) is 3.10. The van der Waals surface area contributed by atoms with E-state index in [2.05, 4.69) is 32.8 Å². The van der Waals surface area contributed by atoms with Gasteiger partial charge in [0, 0.05) is 17.2 Å². The van der Waals surface area contributed by atoms with Gasteiger partial charge in [0.25, 0.3) is 0 Å². The Morgan fingerprint density at radius 2 is 2.33 bits per heavy atom. The van der Waals surface area contributed by atoms with Crippen LogP contribution in [0.15, 0.2) is 41.5 Å². The Balaban J connectivity index is 2.33. The van der Waals surface area contributed by atoms with Gasteiger partial charge in [-0.2, -0.15) is 0 Å². The summed E-state index contributed by atoms with van der Waals surface area (Å²) in [6.45, 7) is 6.26. The minimum atomic E-state index is -0.292. The lowest BCUT2D eigenvalue weighted by Gasteiger charge is -2.09. The number of allylic oxidation sites excluding steroid dienone is 1. The number of hydrogen-bond acceptors (Lipinski definition) is 2. The number of aryl methyl sites for hydroxylation is 1. The third kappa shape index (κ3) is 2.79. The maximum absolute atomic E-state index is 13.2. The van der Waals surface area contributed by atoms with E-state index in [0.717, 1.165) is 10.2 Å². The van der Waals surface area contributed by atoms with Gasteiger partial charge in [0.2, 0.25) is 5.95 Å². The second-order valence-electron chi connectivity index (χ2n) is 3.90. The standard InChI is InChI=1S/C13H13BrFN3/c1-3-6-18-8-9(2)16-13(18)17-12-7-10(15)4-5-11(12)14/h3-5,7-8H,1,6H2,2H3,(H,16,17). The summed E-state index contributed by atoms with van der Waals surface area (Å²) < 4.78 is 15.9. The van der Waals surface area contributed by atoms with Crippen LogP contribution >= 0.6 is 15.9 Å². The van der Waals surface area contributed by atoms with Gasteiger partial charge in [0.1, 0.15) is 5.82 Å². The Morgan fingerprint density at radius 3 is 3.06 bits per heavy atom. The zero-order valence-electron chi connectivity index (χ0n) is 9.95. The molecule has 0 saturated heterocycles. The second kappa shape index (κ2) is 5.35. The summed E-state index contributed by atoms with van der Waals surface area (Å²) in [5.41, 5.74) is 1.54. The highest BCUT2D eigenvalue weighted by Crippen LogP contribution is 2.26. The molecule has 5 heteroatoms. The lowest BCUT2D eigenvalue weighted by molar-refractivity contribution is 0.628. The highest BCUT2D eigenvalue weighted by Gasteiger charge is 2.07. The van der Waals surface area contributed by atoms with Crippen molar-refractivity contribution in [3.8, 4) is 0 Å². The van der Waals surface area contributed by atoms with E-state index in [-0.39, 0.29) is 5.82 Å². The third-order valence-corrected chi connectivity index (χ3v) is 3.09. The molecular formula is C13H13BrFN3. The van der Waals surface area contributed by atoms with Crippen molar-refractivity contribution < 1.29 is 4.39 Å². The molecule has 0 atom stereocenters. The number of hydrogen-bond donors (Lipinski definition) is 1. The second-order valence-corrected chi connectivity index (χ2v) is 4.75. The molecule has 1 N–H and O–H groups in total. The molecule has 18 heavy (non-hydrogen) atoms. The van der Waals surface area contributed by atoms with Crippen molar-refractivity contribution in [1.29, 1.82) is 0 Å². The van der Waals surface area contributed by atoms with E-state index in [4.69, 9.17) is 0 Å². The molecule has 1 aromatic carbocycles. The van der Waals surface area contributed by atoms with Gasteiger partial charge in [-0.25, -0.2) is 9.37 Å². The Bertz CT molecular complexity index is 578. The van der Waals surface area contributed by atoms with Crippen LogP contribution in [0.1, 0.15) is 5.69 Å². The van der Waals surface area contributed by atoms with Crippen molar-refractivity contribution in [3.05, 3.63) is 53.0 Å². The van der Waals surface area contributed by atoms with Gasteiger partial charge >= 0.3 is 0 Å². The normalized spacial score (nSPS) is 10.4. The van der Waals surface area contributed by atoms with E-state index in [1.165, 1.54) is 12.1 Å². The molecule has 3 nitrogen and oxygen atoms in total. The molecule has 0 amide bonds. The molecule has 2 rings (SSSR count). The third-order valence-electron chi connectivity index (χ3n) is 2.40. The Labute approximate surface area is 113 Å². The number of nitrogens with zero attached hydrogens (tertiary/aromatic N) is 2. The predicted molar refractivity (Wildman–Crippen MR) is 74.5 cm³/mol. The molecule has 0 aliphatic carbocycles. The molecule has 0 spiro atoms. The first-order chi connectivity index (χ1) is 8.60. The summed E-state index contributed by atoms with van der Waals surface area (Å²) in [6, 6.07) is 4.48. The van der Waals surface area contributed by atoms with Crippen LogP contribution in [0.5, 0.6) is 0 Å². The number of benzene rings is 1. The van der Waals surface area contributed by atoms with Gasteiger partial charge in [0.15, 0.2) is 0 Å². The number of anilines is 2. The average Bonchev–Trinajstić information content (AvgIpc) is 2.65. The van der Waals surface area contributed by atoms with Gasteiger partial charge < -0.3 is 9.88 Å². The maximum atomic E-state index is 13.2. The number of aromatic nitrogens is 2. The van der Waals surface area contributed by atoms with Crippen molar-refractivity contribution >= 4 is 27.6 Å². The van der Waals surface area contributed by atoms with Crippen LogP contribution in [0.3, 0.4) is 0 Å². The van der Waals surface area contributed by atoms with Gasteiger partial charge in [0.05, 0.1) is 11.4 Å². The SMILES string of the molecule is C=CCn1cc(C)nc1Nc1cc(F)ccc1Br. The molecule has 0 aliphatic rings. The fraction of sp³-hybridized carbons (Fsp3) is 0.154. The van der Waals surface area contributed by atoms with Gasteiger partial charge in [-0.3, -0.25) is 0 Å². The first-order valence-corrected chi connectivity index (χ1v) is 6.26. The number of imidazole rings is 1. The average molecular weight is 310 g/mol. The van der Waals surface area contributed by atoms with E-state index in [0.29, 0.717) is 18.2 Å². The summed E-state index contributed by atoms with van der Waals surface area (Å²) in [4.78, 5) is 4.36. The molecule has 0 aliphatic heterocycles. The number of rotatable bonds is 4. The topological polar surface area (TPSA) is 29.9 Å². The maximum Gasteiger partial charge on any atom is 0.207 e. The molecular weight excluding hydrogens is 297 g/mol. The summed E-state index contributed by atoms with van der Waals surface area (Å²) in [5.74, 6) is 0.373. The van der Waals surface area contributed by atoms with Crippen LogP contribution in [0, 0.1) is 12.7 Å². The Morgan fingerprint density at radius 1 is 1.56 bits per heavy atom. The summed E-state index contributed by atoms with van der Waals surface area (Å²) >= 11 is 3.37. The summed E-state index contributed by atoms with van der Waals surface area (Å²) in [6.07, 6.45) is 3.70. The van der Waals surface area contributed by atoms with E-state index in [1.54, 1.807) is 12.1 Å². The lowest BCUT2D eigenvalue weighted by Crippen LogP contribution is -2.02. The quantitative estimate of drug-likeness (QED) is 0.864. The first kappa shape index (κ1) is 12.8. The highest BCUT2D eigenvalue weighted by atomic mass is 79.9. The molecule has 0 saturated carbocycles. The van der Waals surface area contributed by atoms with E-state index in [1.807, 2.05) is 17.7 Å². The highest BCUT2D eigenvalue weighted by molar-refractivity contribution is 9.10. The van der Waals surface area contributed by atoms with Crippen LogP contribution < -0.4 is 5.32 Å². The Kier molecular flexibility index (Phi) is 3.81. The van der Waals surface area contributed by atoms with Crippen molar-refractivity contribution in [1.82, 2.24) is 9.55 Å². The van der Waals surface area contributed by atoms with Crippen molar-refractivity contribution in [3.63, 3.8) is 0 Å². The van der Waals surface area contributed by atoms with Gasteiger partial charge in [-0.05, 0) is 41.1 Å². The fourth-order valence-corrected chi connectivity index (χ4v) is 1.98. The van der Waals surface area contributed by atoms with Crippen LogP contribution in [-0.4, -0.2) is 9.55 Å². The smallest absolute Gasteiger partial charge is 0.207 e. The molecule has 2 aromatic rings. The summed E-state index contributed by atoms with van der Waals surface area (Å²) in [7, 11) is 0. The van der Waals surface area contributed by atoms with Crippen molar-refractivity contribution in [2.75, 3.05) is 5.32 Å². The largest absolute Gasteiger partial charge is 0.324 e. The predicted octanol–water partition coefficient (Wildman–Crippen LogP) is 4.02. The minimum absolute atomic E-state index is 0.292. The molecule has 1 heterocycles. The Hall–Kier alpha value is -1.62. The molecule has 0 unspecified atom stereocenters. The molecule has 1 aromatic heterocycles. The monoisotopic (exact) mass is 309 g/mol. The van der Waals surface area contributed by atoms with Crippen LogP contribution in [0.25, 0.3) is 0 Å². The van der Waals surface area contributed by atoms with E-state index in [9.17, 15) is 4.39 Å². The van der Waals surface area contributed by atoms with E-state index < -0.39 is 0 Å². The molecule has 0 fully saturated rings. The zero-order valence-corrected chi connectivity index (χ0v) is 11.5.